The zero-order valence-corrected chi connectivity index (χ0v) is 11.1. The van der Waals surface area contributed by atoms with Crippen LogP contribution in [-0.4, -0.2) is 48.3 Å². The maximum atomic E-state index is 11.8. The van der Waals surface area contributed by atoms with Crippen LogP contribution in [0.15, 0.2) is 18.2 Å². The van der Waals surface area contributed by atoms with E-state index in [1.165, 1.54) is 18.0 Å². The normalized spacial score (nSPS) is 13.5. The van der Waals surface area contributed by atoms with Crippen LogP contribution in [0.4, 0.5) is 10.5 Å². The molecule has 100 valence electrons. The Morgan fingerprint density at radius 1 is 1.26 bits per heavy atom. The van der Waals surface area contributed by atoms with E-state index in [-0.39, 0.29) is 17.8 Å². The molecule has 2 rings (SSSR count). The van der Waals surface area contributed by atoms with E-state index < -0.39 is 0 Å². The first-order valence-corrected chi connectivity index (χ1v) is 5.94. The Hall–Kier alpha value is -2.37. The molecule has 0 saturated carbocycles. The van der Waals surface area contributed by atoms with E-state index in [9.17, 15) is 14.4 Å². The van der Waals surface area contributed by atoms with E-state index in [4.69, 9.17) is 0 Å². The highest BCUT2D eigenvalue weighted by Gasteiger charge is 2.32. The summed E-state index contributed by atoms with van der Waals surface area (Å²) in [7, 11) is 3.11. The molecule has 1 aromatic carbocycles. The lowest BCUT2D eigenvalue weighted by Gasteiger charge is -2.15. The van der Waals surface area contributed by atoms with E-state index in [1.807, 2.05) is 6.92 Å². The molecule has 0 spiro atoms. The summed E-state index contributed by atoms with van der Waals surface area (Å²) in [6.07, 6.45) is 0. The van der Waals surface area contributed by atoms with Gasteiger partial charge < -0.3 is 10.2 Å². The summed E-state index contributed by atoms with van der Waals surface area (Å²) in [6.45, 7) is 2.44. The Balaban J connectivity index is 2.26. The smallest absolute Gasteiger partial charge is 0.321 e. The van der Waals surface area contributed by atoms with Crippen LogP contribution in [0.2, 0.25) is 0 Å². The molecular formula is C13H15N3O3. The molecule has 0 aromatic heterocycles. The van der Waals surface area contributed by atoms with Crippen LogP contribution < -0.4 is 5.32 Å². The molecule has 0 unspecified atom stereocenters. The molecule has 1 aliphatic heterocycles. The minimum atomic E-state index is -0.347. The highest BCUT2D eigenvalue weighted by atomic mass is 16.2. The van der Waals surface area contributed by atoms with Gasteiger partial charge in [-0.2, -0.15) is 0 Å². The SMILES string of the molecule is CCN(C)C(=O)Nc1ccc2c(c1)C(=O)N(C)C2=O. The predicted molar refractivity (Wildman–Crippen MR) is 70.2 cm³/mol. The first-order chi connectivity index (χ1) is 8.95. The van der Waals surface area contributed by atoms with E-state index >= 15 is 0 Å². The van der Waals surface area contributed by atoms with Gasteiger partial charge in [0, 0.05) is 26.3 Å². The number of nitrogens with one attached hydrogen (secondary N) is 1. The lowest BCUT2D eigenvalue weighted by Crippen LogP contribution is -2.31. The fourth-order valence-corrected chi connectivity index (χ4v) is 1.80. The van der Waals surface area contributed by atoms with Crippen molar-refractivity contribution in [2.45, 2.75) is 6.92 Å². The standard InChI is InChI=1S/C13H15N3O3/c1-4-15(2)13(19)14-8-5-6-9-10(7-8)12(18)16(3)11(9)17/h5-7H,4H2,1-3H3,(H,14,19). The quantitative estimate of drug-likeness (QED) is 0.818. The van der Waals surface area contributed by atoms with Gasteiger partial charge in [-0.05, 0) is 25.1 Å². The average Bonchev–Trinajstić information content (AvgIpc) is 2.63. The summed E-state index contributed by atoms with van der Waals surface area (Å²) < 4.78 is 0. The molecule has 0 atom stereocenters. The zero-order valence-electron chi connectivity index (χ0n) is 11.1. The number of hydrogen-bond acceptors (Lipinski definition) is 3. The maximum Gasteiger partial charge on any atom is 0.321 e. The monoisotopic (exact) mass is 261 g/mol. The van der Waals surface area contributed by atoms with Crippen molar-refractivity contribution < 1.29 is 14.4 Å². The second-order valence-electron chi connectivity index (χ2n) is 4.37. The number of benzene rings is 1. The summed E-state index contributed by atoms with van der Waals surface area (Å²) in [5.41, 5.74) is 1.19. The van der Waals surface area contributed by atoms with Gasteiger partial charge in [-0.25, -0.2) is 4.79 Å². The number of rotatable bonds is 2. The molecule has 0 saturated heterocycles. The largest absolute Gasteiger partial charge is 0.328 e. The van der Waals surface area contributed by atoms with Crippen molar-refractivity contribution in [3.05, 3.63) is 29.3 Å². The molecule has 0 fully saturated rings. The van der Waals surface area contributed by atoms with Crippen LogP contribution in [0.5, 0.6) is 0 Å². The molecule has 19 heavy (non-hydrogen) atoms. The molecule has 0 bridgehead atoms. The van der Waals surface area contributed by atoms with Gasteiger partial charge in [0.25, 0.3) is 11.8 Å². The third-order valence-electron chi connectivity index (χ3n) is 3.16. The topological polar surface area (TPSA) is 69.7 Å². The van der Waals surface area contributed by atoms with Crippen LogP contribution in [0.3, 0.4) is 0 Å². The lowest BCUT2D eigenvalue weighted by molar-refractivity contribution is 0.0693. The van der Waals surface area contributed by atoms with Crippen molar-refractivity contribution in [1.82, 2.24) is 9.80 Å². The van der Waals surface area contributed by atoms with E-state index in [2.05, 4.69) is 5.32 Å². The van der Waals surface area contributed by atoms with Crippen molar-refractivity contribution in [3.8, 4) is 0 Å². The second kappa shape index (κ2) is 4.72. The third-order valence-corrected chi connectivity index (χ3v) is 3.16. The molecule has 6 heteroatoms. The van der Waals surface area contributed by atoms with Crippen molar-refractivity contribution in [2.24, 2.45) is 0 Å². The lowest BCUT2D eigenvalue weighted by atomic mass is 10.1. The number of carbonyl (C=O) groups excluding carboxylic acids is 3. The Kier molecular flexibility index (Phi) is 3.25. The summed E-state index contributed by atoms with van der Waals surface area (Å²) in [5, 5.41) is 2.68. The Morgan fingerprint density at radius 3 is 2.53 bits per heavy atom. The summed E-state index contributed by atoms with van der Waals surface area (Å²) in [6, 6.07) is 4.44. The van der Waals surface area contributed by atoms with E-state index in [0.29, 0.717) is 23.4 Å². The van der Waals surface area contributed by atoms with Crippen LogP contribution >= 0.6 is 0 Å². The van der Waals surface area contributed by atoms with Gasteiger partial charge in [0.05, 0.1) is 11.1 Å². The minimum absolute atomic E-state index is 0.257. The number of urea groups is 1. The van der Waals surface area contributed by atoms with Gasteiger partial charge in [-0.1, -0.05) is 0 Å². The Morgan fingerprint density at radius 2 is 1.89 bits per heavy atom. The van der Waals surface area contributed by atoms with E-state index in [1.54, 1.807) is 19.2 Å². The Bertz CT molecular complexity index is 568. The van der Waals surface area contributed by atoms with Crippen LogP contribution in [0.25, 0.3) is 0 Å². The summed E-state index contributed by atoms with van der Waals surface area (Å²) in [4.78, 5) is 37.8. The molecular weight excluding hydrogens is 246 g/mol. The molecule has 6 nitrogen and oxygen atoms in total. The maximum absolute atomic E-state index is 11.8. The average molecular weight is 261 g/mol. The van der Waals surface area contributed by atoms with Crippen LogP contribution in [0.1, 0.15) is 27.6 Å². The molecule has 0 radical (unpaired) electrons. The Labute approximate surface area is 111 Å². The molecule has 4 amide bonds. The van der Waals surface area contributed by atoms with Gasteiger partial charge >= 0.3 is 6.03 Å². The predicted octanol–water partition coefficient (Wildman–Crippen LogP) is 1.40. The van der Waals surface area contributed by atoms with Crippen molar-refractivity contribution in [1.29, 1.82) is 0 Å². The number of amides is 4. The van der Waals surface area contributed by atoms with Gasteiger partial charge in [-0.15, -0.1) is 0 Å². The number of imide groups is 1. The first-order valence-electron chi connectivity index (χ1n) is 5.94. The number of carbonyl (C=O) groups is 3. The van der Waals surface area contributed by atoms with Crippen LogP contribution in [-0.2, 0) is 0 Å². The first kappa shape index (κ1) is 13.1. The molecule has 1 aromatic rings. The highest BCUT2D eigenvalue weighted by Crippen LogP contribution is 2.24. The van der Waals surface area contributed by atoms with Crippen molar-refractivity contribution >= 4 is 23.5 Å². The number of fused-ring (bicyclic) bond motifs is 1. The summed E-state index contributed by atoms with van der Waals surface area (Å²) in [5.74, 6) is -0.663. The fraction of sp³-hybridized carbons (Fsp3) is 0.308. The zero-order chi connectivity index (χ0) is 14.2. The van der Waals surface area contributed by atoms with Gasteiger partial charge in [0.15, 0.2) is 0 Å². The van der Waals surface area contributed by atoms with Crippen LogP contribution in [0, 0.1) is 0 Å². The van der Waals surface area contributed by atoms with Gasteiger partial charge in [0.1, 0.15) is 0 Å². The third kappa shape index (κ3) is 2.16. The minimum Gasteiger partial charge on any atom is -0.328 e. The highest BCUT2D eigenvalue weighted by molar-refractivity contribution is 6.21. The number of hydrogen-bond donors (Lipinski definition) is 1. The number of nitrogens with zero attached hydrogens (tertiary/aromatic N) is 2. The van der Waals surface area contributed by atoms with Gasteiger partial charge in [-0.3, -0.25) is 14.5 Å². The fourth-order valence-electron chi connectivity index (χ4n) is 1.80. The van der Waals surface area contributed by atoms with Gasteiger partial charge in [0.2, 0.25) is 0 Å². The molecule has 1 aliphatic rings. The van der Waals surface area contributed by atoms with E-state index in [0.717, 1.165) is 4.90 Å². The number of anilines is 1. The van der Waals surface area contributed by atoms with Crippen molar-refractivity contribution in [3.63, 3.8) is 0 Å². The molecule has 1 N–H and O–H groups in total. The molecule has 1 heterocycles. The molecule has 0 aliphatic carbocycles. The van der Waals surface area contributed by atoms with Crippen molar-refractivity contribution in [2.75, 3.05) is 26.0 Å². The second-order valence-corrected chi connectivity index (χ2v) is 4.37. The summed E-state index contributed by atoms with van der Waals surface area (Å²) >= 11 is 0.